The van der Waals surface area contributed by atoms with Crippen LogP contribution >= 0.6 is 0 Å². The first-order chi connectivity index (χ1) is 12.9. The molecule has 3 heterocycles. The second-order valence-corrected chi connectivity index (χ2v) is 8.03. The van der Waals surface area contributed by atoms with Crippen LogP contribution in [0, 0.1) is 25.7 Å². The Balaban J connectivity index is 1.52. The molecule has 1 N–H and O–H groups in total. The molecule has 2 aromatic rings. The third kappa shape index (κ3) is 4.31. The van der Waals surface area contributed by atoms with Gasteiger partial charge >= 0.3 is 0 Å². The van der Waals surface area contributed by atoms with Gasteiger partial charge in [-0.2, -0.15) is 0 Å². The molecule has 2 atom stereocenters. The number of aromatic nitrogens is 2. The minimum Gasteiger partial charge on any atom is -0.351 e. The lowest BCUT2D eigenvalue weighted by Gasteiger charge is -2.35. The highest BCUT2D eigenvalue weighted by Gasteiger charge is 2.25. The van der Waals surface area contributed by atoms with Crippen molar-refractivity contribution >= 4 is 17.5 Å². The van der Waals surface area contributed by atoms with E-state index >= 15 is 0 Å². The number of nitrogens with zero attached hydrogens (tertiary/aromatic N) is 3. The Morgan fingerprint density at radius 1 is 1.22 bits per heavy atom. The molecule has 6 nitrogen and oxygen atoms in total. The van der Waals surface area contributed by atoms with Crippen LogP contribution in [-0.4, -0.2) is 45.7 Å². The number of fused-ring (bicyclic) bond motifs is 1. The predicted octanol–water partition coefficient (Wildman–Crippen LogP) is 2.97. The number of pyridine rings is 1. The minimum atomic E-state index is -0.140. The van der Waals surface area contributed by atoms with Crippen molar-refractivity contribution in [1.82, 2.24) is 19.6 Å². The fourth-order valence-corrected chi connectivity index (χ4v) is 4.14. The van der Waals surface area contributed by atoms with Crippen molar-refractivity contribution in [3.8, 4) is 0 Å². The zero-order valence-corrected chi connectivity index (χ0v) is 16.8. The van der Waals surface area contributed by atoms with Crippen molar-refractivity contribution in [2.24, 2.45) is 11.8 Å². The number of imidazole rings is 1. The van der Waals surface area contributed by atoms with Crippen molar-refractivity contribution < 1.29 is 9.59 Å². The van der Waals surface area contributed by atoms with E-state index in [-0.39, 0.29) is 11.8 Å². The molecule has 146 valence electrons. The molecule has 3 rings (SSSR count). The Labute approximate surface area is 161 Å². The number of rotatable bonds is 5. The molecule has 1 aliphatic heterocycles. The maximum Gasteiger partial charge on any atom is 0.270 e. The van der Waals surface area contributed by atoms with Crippen molar-refractivity contribution in [2.45, 2.75) is 47.0 Å². The highest BCUT2D eigenvalue weighted by molar-refractivity contribution is 5.94. The molecule has 0 radical (unpaired) electrons. The summed E-state index contributed by atoms with van der Waals surface area (Å²) >= 11 is 0. The van der Waals surface area contributed by atoms with Crippen molar-refractivity contribution in [3.63, 3.8) is 0 Å². The average Bonchev–Trinajstić information content (AvgIpc) is 2.95. The van der Waals surface area contributed by atoms with E-state index in [0.29, 0.717) is 42.6 Å². The van der Waals surface area contributed by atoms with Crippen LogP contribution in [-0.2, 0) is 4.79 Å². The van der Waals surface area contributed by atoms with Gasteiger partial charge < -0.3 is 10.2 Å². The molecule has 0 saturated carbocycles. The van der Waals surface area contributed by atoms with Crippen LogP contribution in [0.2, 0.25) is 0 Å². The van der Waals surface area contributed by atoms with Crippen LogP contribution in [0.3, 0.4) is 0 Å². The van der Waals surface area contributed by atoms with Gasteiger partial charge in [-0.05, 0) is 50.2 Å². The molecule has 1 fully saturated rings. The lowest BCUT2D eigenvalue weighted by Crippen LogP contribution is -2.42. The summed E-state index contributed by atoms with van der Waals surface area (Å²) in [6, 6.07) is 3.90. The lowest BCUT2D eigenvalue weighted by molar-refractivity contribution is -0.133. The SMILES string of the molecule is Cc1nc2c(C)cccn2c1C(=O)NCCCC(=O)N1CC(C)CC(C)C1. The van der Waals surface area contributed by atoms with E-state index in [0.717, 1.165) is 24.3 Å². The van der Waals surface area contributed by atoms with Crippen LogP contribution in [0.4, 0.5) is 0 Å². The number of carbonyl (C=O) groups is 2. The molecular formula is C21H30N4O2. The van der Waals surface area contributed by atoms with E-state index < -0.39 is 0 Å². The van der Waals surface area contributed by atoms with Crippen molar-refractivity contribution in [3.05, 3.63) is 35.3 Å². The highest BCUT2D eigenvalue weighted by Crippen LogP contribution is 2.21. The number of aryl methyl sites for hydroxylation is 2. The Bertz CT molecular complexity index is 832. The number of piperidine rings is 1. The van der Waals surface area contributed by atoms with Gasteiger partial charge in [-0.25, -0.2) is 4.98 Å². The molecule has 0 aromatic carbocycles. The Kier molecular flexibility index (Phi) is 5.82. The number of hydrogen-bond donors (Lipinski definition) is 1. The summed E-state index contributed by atoms with van der Waals surface area (Å²) in [6.45, 7) is 10.4. The normalized spacial score (nSPS) is 20.1. The summed E-state index contributed by atoms with van der Waals surface area (Å²) < 4.78 is 1.83. The van der Waals surface area contributed by atoms with Gasteiger partial charge in [-0.15, -0.1) is 0 Å². The summed E-state index contributed by atoms with van der Waals surface area (Å²) in [5, 5.41) is 2.94. The topological polar surface area (TPSA) is 66.7 Å². The number of nitrogens with one attached hydrogen (secondary N) is 1. The summed E-state index contributed by atoms with van der Waals surface area (Å²) in [5.74, 6) is 1.19. The molecule has 6 heteroatoms. The molecule has 1 aliphatic rings. The zero-order valence-electron chi connectivity index (χ0n) is 16.8. The maximum atomic E-state index is 12.6. The first-order valence-corrected chi connectivity index (χ1v) is 9.87. The largest absolute Gasteiger partial charge is 0.351 e. The van der Waals surface area contributed by atoms with Gasteiger partial charge in [-0.3, -0.25) is 14.0 Å². The first-order valence-electron chi connectivity index (χ1n) is 9.87. The number of amides is 2. The molecule has 2 unspecified atom stereocenters. The fourth-order valence-electron chi connectivity index (χ4n) is 4.14. The van der Waals surface area contributed by atoms with Crippen LogP contribution in [0.1, 0.15) is 54.9 Å². The third-order valence-electron chi connectivity index (χ3n) is 5.31. The maximum absolute atomic E-state index is 12.6. The molecule has 1 saturated heterocycles. The van der Waals surface area contributed by atoms with Crippen LogP contribution < -0.4 is 5.32 Å². The standard InChI is InChI=1S/C21H30N4O2/c1-14-11-15(2)13-24(12-14)18(26)8-5-9-22-21(27)19-17(4)23-20-16(3)7-6-10-25(19)20/h6-7,10,14-15H,5,8-9,11-13H2,1-4H3,(H,22,27). The predicted molar refractivity (Wildman–Crippen MR) is 106 cm³/mol. The molecule has 2 amide bonds. The van der Waals surface area contributed by atoms with Gasteiger partial charge in [0.25, 0.3) is 5.91 Å². The molecule has 2 aromatic heterocycles. The van der Waals surface area contributed by atoms with E-state index in [1.165, 1.54) is 6.42 Å². The molecule has 0 aliphatic carbocycles. The molecular weight excluding hydrogens is 340 g/mol. The molecule has 0 spiro atoms. The Morgan fingerprint density at radius 3 is 2.63 bits per heavy atom. The fraction of sp³-hybridized carbons (Fsp3) is 0.571. The Morgan fingerprint density at radius 2 is 1.93 bits per heavy atom. The van der Waals surface area contributed by atoms with E-state index in [4.69, 9.17) is 0 Å². The summed E-state index contributed by atoms with van der Waals surface area (Å²) in [4.78, 5) is 31.5. The van der Waals surface area contributed by atoms with Gasteiger partial charge in [0.1, 0.15) is 11.3 Å². The van der Waals surface area contributed by atoms with Crippen LogP contribution in [0.15, 0.2) is 18.3 Å². The van der Waals surface area contributed by atoms with Crippen LogP contribution in [0.25, 0.3) is 5.65 Å². The quantitative estimate of drug-likeness (QED) is 0.823. The number of hydrogen-bond acceptors (Lipinski definition) is 3. The Hall–Kier alpha value is -2.37. The van der Waals surface area contributed by atoms with E-state index in [1.54, 1.807) is 0 Å². The van der Waals surface area contributed by atoms with Gasteiger partial charge in [0.2, 0.25) is 5.91 Å². The third-order valence-corrected chi connectivity index (χ3v) is 5.31. The van der Waals surface area contributed by atoms with Gasteiger partial charge in [-0.1, -0.05) is 19.9 Å². The number of carbonyl (C=O) groups excluding carboxylic acids is 2. The summed E-state index contributed by atoms with van der Waals surface area (Å²) in [5.41, 5.74) is 3.13. The molecule has 27 heavy (non-hydrogen) atoms. The monoisotopic (exact) mass is 370 g/mol. The zero-order chi connectivity index (χ0) is 19.6. The minimum absolute atomic E-state index is 0.140. The van der Waals surface area contributed by atoms with Gasteiger partial charge in [0.05, 0.1) is 5.69 Å². The van der Waals surface area contributed by atoms with Gasteiger partial charge in [0.15, 0.2) is 0 Å². The summed E-state index contributed by atoms with van der Waals surface area (Å²) in [6.07, 6.45) is 4.18. The smallest absolute Gasteiger partial charge is 0.270 e. The molecule has 0 bridgehead atoms. The summed E-state index contributed by atoms with van der Waals surface area (Å²) in [7, 11) is 0. The van der Waals surface area contributed by atoms with E-state index in [1.807, 2.05) is 41.5 Å². The highest BCUT2D eigenvalue weighted by atomic mass is 16.2. The van der Waals surface area contributed by atoms with Crippen LogP contribution in [0.5, 0.6) is 0 Å². The second kappa shape index (κ2) is 8.11. The average molecular weight is 370 g/mol. The van der Waals surface area contributed by atoms with E-state index in [2.05, 4.69) is 24.1 Å². The van der Waals surface area contributed by atoms with E-state index in [9.17, 15) is 9.59 Å². The van der Waals surface area contributed by atoms with Gasteiger partial charge in [0, 0.05) is 32.3 Å². The van der Waals surface area contributed by atoms with Crippen molar-refractivity contribution in [2.75, 3.05) is 19.6 Å². The first kappa shape index (κ1) is 19.4. The van der Waals surface area contributed by atoms with Crippen molar-refractivity contribution in [1.29, 1.82) is 0 Å². The second-order valence-electron chi connectivity index (χ2n) is 8.03. The lowest BCUT2D eigenvalue weighted by atomic mass is 9.91. The number of likely N-dealkylation sites (tertiary alicyclic amines) is 1.